The smallest absolute Gasteiger partial charge is 0.269 e. The Morgan fingerprint density at radius 3 is 2.56 bits per heavy atom. The molecule has 182 valence electrons. The molecule has 3 aromatic carbocycles. The highest BCUT2D eigenvalue weighted by Gasteiger charge is 2.47. The van der Waals surface area contributed by atoms with E-state index >= 15 is 0 Å². The lowest BCUT2D eigenvalue weighted by Crippen LogP contribution is -2.37. The van der Waals surface area contributed by atoms with E-state index in [-0.39, 0.29) is 34.3 Å². The van der Waals surface area contributed by atoms with Crippen LogP contribution in [0.3, 0.4) is 0 Å². The number of fused-ring (bicyclic) bond motifs is 2. The number of nitro groups is 1. The van der Waals surface area contributed by atoms with Crippen LogP contribution in [-0.4, -0.2) is 16.4 Å². The molecule has 5 nitrogen and oxygen atoms in total. The molecule has 0 saturated heterocycles. The number of nitro benzene ring substituents is 1. The van der Waals surface area contributed by atoms with Crippen LogP contribution in [0.15, 0.2) is 96.5 Å². The fourth-order valence-corrected chi connectivity index (χ4v) is 5.57. The van der Waals surface area contributed by atoms with E-state index in [1.807, 2.05) is 42.5 Å². The summed E-state index contributed by atoms with van der Waals surface area (Å²) in [6.07, 6.45) is 6.05. The second-order valence-corrected chi connectivity index (χ2v) is 9.81. The van der Waals surface area contributed by atoms with Crippen molar-refractivity contribution >= 4 is 5.69 Å². The van der Waals surface area contributed by atoms with Gasteiger partial charge in [0, 0.05) is 36.2 Å². The highest BCUT2D eigenvalue weighted by Crippen LogP contribution is 2.54. The molecule has 0 amide bonds. The Labute approximate surface area is 209 Å². The van der Waals surface area contributed by atoms with Gasteiger partial charge in [-0.1, -0.05) is 48.5 Å². The number of nitrogens with zero attached hydrogens (tertiary/aromatic N) is 2. The van der Waals surface area contributed by atoms with E-state index in [9.17, 15) is 14.5 Å². The first-order chi connectivity index (χ1) is 17.6. The van der Waals surface area contributed by atoms with E-state index in [4.69, 9.17) is 4.74 Å². The maximum absolute atomic E-state index is 14.1. The molecule has 1 saturated carbocycles. The second-order valence-electron chi connectivity index (χ2n) is 9.81. The Hall–Kier alpha value is -3.93. The van der Waals surface area contributed by atoms with Gasteiger partial charge in [-0.2, -0.15) is 0 Å². The summed E-state index contributed by atoms with van der Waals surface area (Å²) < 4.78 is 20.2. The SMILES string of the molecule is O=[N+]([O-])c1ccc(CC2c3ccc(OCc4ccccc4)cc3CCN2C2=CC=C(F)C3CC23)cc1. The lowest BCUT2D eigenvalue weighted by atomic mass is 9.87. The number of hydrogen-bond donors (Lipinski definition) is 0. The normalized spacial score (nSPS) is 22.1. The molecule has 0 radical (unpaired) electrons. The number of halogens is 1. The van der Waals surface area contributed by atoms with Crippen LogP contribution in [0, 0.1) is 22.0 Å². The van der Waals surface area contributed by atoms with Crippen molar-refractivity contribution in [1.82, 2.24) is 4.90 Å². The molecule has 1 heterocycles. The van der Waals surface area contributed by atoms with Gasteiger partial charge >= 0.3 is 0 Å². The van der Waals surface area contributed by atoms with Crippen LogP contribution in [0.2, 0.25) is 0 Å². The number of allylic oxidation sites excluding steroid dienone is 4. The predicted octanol–water partition coefficient (Wildman–Crippen LogP) is 6.70. The van der Waals surface area contributed by atoms with Gasteiger partial charge in [-0.15, -0.1) is 0 Å². The quantitative estimate of drug-likeness (QED) is 0.278. The molecule has 0 aromatic heterocycles. The Bertz CT molecular complexity index is 1350. The van der Waals surface area contributed by atoms with E-state index < -0.39 is 0 Å². The van der Waals surface area contributed by atoms with Crippen molar-refractivity contribution in [3.63, 3.8) is 0 Å². The van der Waals surface area contributed by atoms with E-state index in [1.54, 1.807) is 18.2 Å². The van der Waals surface area contributed by atoms with Crippen LogP contribution in [0.4, 0.5) is 10.1 Å². The minimum Gasteiger partial charge on any atom is -0.489 e. The molecule has 1 aliphatic heterocycles. The summed E-state index contributed by atoms with van der Waals surface area (Å²) in [5.74, 6) is 1.13. The van der Waals surface area contributed by atoms with Crippen molar-refractivity contribution in [1.29, 1.82) is 0 Å². The lowest BCUT2D eigenvalue weighted by molar-refractivity contribution is -0.384. The highest BCUT2D eigenvalue weighted by molar-refractivity contribution is 5.43. The third-order valence-corrected chi connectivity index (χ3v) is 7.57. The molecule has 6 rings (SSSR count). The number of hydrogen-bond acceptors (Lipinski definition) is 4. The summed E-state index contributed by atoms with van der Waals surface area (Å²) in [7, 11) is 0. The Morgan fingerprint density at radius 1 is 0.972 bits per heavy atom. The van der Waals surface area contributed by atoms with Gasteiger partial charge in [0.2, 0.25) is 0 Å². The maximum Gasteiger partial charge on any atom is 0.269 e. The molecule has 0 spiro atoms. The fourth-order valence-electron chi connectivity index (χ4n) is 5.57. The number of benzene rings is 3. The van der Waals surface area contributed by atoms with Gasteiger partial charge in [-0.05, 0) is 65.8 Å². The second kappa shape index (κ2) is 9.26. The average Bonchev–Trinajstić information content (AvgIpc) is 3.71. The minimum absolute atomic E-state index is 0.00622. The number of rotatable bonds is 7. The zero-order valence-corrected chi connectivity index (χ0v) is 19.8. The van der Waals surface area contributed by atoms with Gasteiger partial charge in [0.15, 0.2) is 0 Å². The van der Waals surface area contributed by atoms with Crippen LogP contribution in [-0.2, 0) is 19.4 Å². The van der Waals surface area contributed by atoms with Crippen LogP contribution >= 0.6 is 0 Å². The third-order valence-electron chi connectivity index (χ3n) is 7.57. The van der Waals surface area contributed by atoms with E-state index in [0.29, 0.717) is 6.61 Å². The summed E-state index contributed by atoms with van der Waals surface area (Å²) in [6, 6.07) is 23.3. The molecular formula is C30H27FN2O3. The monoisotopic (exact) mass is 482 g/mol. The fraction of sp³-hybridized carbons (Fsp3) is 0.267. The van der Waals surface area contributed by atoms with Gasteiger partial charge in [-0.25, -0.2) is 4.39 Å². The van der Waals surface area contributed by atoms with Crippen LogP contribution in [0.1, 0.15) is 34.7 Å². The van der Waals surface area contributed by atoms with Crippen LogP contribution in [0.25, 0.3) is 0 Å². The maximum atomic E-state index is 14.1. The topological polar surface area (TPSA) is 55.6 Å². The summed E-state index contributed by atoms with van der Waals surface area (Å²) in [5, 5.41) is 11.1. The number of non-ortho nitro benzene ring substituents is 1. The molecule has 2 aliphatic carbocycles. The predicted molar refractivity (Wildman–Crippen MR) is 136 cm³/mol. The van der Waals surface area contributed by atoms with Crippen LogP contribution < -0.4 is 4.74 Å². The van der Waals surface area contributed by atoms with Gasteiger partial charge in [0.05, 0.1) is 11.0 Å². The molecule has 0 bridgehead atoms. The van der Waals surface area contributed by atoms with Crippen molar-refractivity contribution in [3.05, 3.63) is 129 Å². The van der Waals surface area contributed by atoms with Gasteiger partial charge in [0.25, 0.3) is 5.69 Å². The Morgan fingerprint density at radius 2 is 1.78 bits per heavy atom. The summed E-state index contributed by atoms with van der Waals surface area (Å²) >= 11 is 0. The zero-order valence-electron chi connectivity index (χ0n) is 19.8. The molecule has 6 heteroatoms. The minimum atomic E-state index is -0.371. The first kappa shape index (κ1) is 22.5. The lowest BCUT2D eigenvalue weighted by Gasteiger charge is -2.41. The standard InChI is InChI=1S/C30H27FN2O3/c31-28-12-13-29(27-18-26(27)28)32-15-14-22-17-24(36-19-21-4-2-1-3-5-21)10-11-25(22)30(32)16-20-6-8-23(9-7-20)33(34)35/h1-13,17,26-27,30H,14-16,18-19H2. The summed E-state index contributed by atoms with van der Waals surface area (Å²) in [5.41, 5.74) is 5.97. The molecule has 3 unspecified atom stereocenters. The molecule has 3 aromatic rings. The third kappa shape index (κ3) is 4.39. The zero-order chi connectivity index (χ0) is 24.6. The molecular weight excluding hydrogens is 455 g/mol. The van der Waals surface area contributed by atoms with Crippen molar-refractivity contribution in [2.75, 3.05) is 6.54 Å². The molecule has 3 aliphatic rings. The van der Waals surface area contributed by atoms with Gasteiger partial charge in [-0.3, -0.25) is 10.1 Å². The van der Waals surface area contributed by atoms with E-state index in [1.165, 1.54) is 16.8 Å². The first-order valence-electron chi connectivity index (χ1n) is 12.4. The van der Waals surface area contributed by atoms with E-state index in [0.717, 1.165) is 42.7 Å². The largest absolute Gasteiger partial charge is 0.489 e. The van der Waals surface area contributed by atoms with Gasteiger partial charge in [0.1, 0.15) is 18.2 Å². The summed E-state index contributed by atoms with van der Waals surface area (Å²) in [4.78, 5) is 13.2. The van der Waals surface area contributed by atoms with Crippen LogP contribution in [0.5, 0.6) is 5.75 Å². The van der Waals surface area contributed by atoms with Crippen molar-refractivity contribution in [2.45, 2.75) is 31.9 Å². The average molecular weight is 483 g/mol. The van der Waals surface area contributed by atoms with Crippen molar-refractivity contribution in [2.24, 2.45) is 11.8 Å². The van der Waals surface area contributed by atoms with Crippen molar-refractivity contribution < 1.29 is 14.1 Å². The van der Waals surface area contributed by atoms with E-state index in [2.05, 4.69) is 29.2 Å². The molecule has 36 heavy (non-hydrogen) atoms. The summed E-state index contributed by atoms with van der Waals surface area (Å²) in [6.45, 7) is 1.36. The Kier molecular flexibility index (Phi) is 5.80. The molecule has 1 fully saturated rings. The Balaban J connectivity index is 1.29. The highest BCUT2D eigenvalue weighted by atomic mass is 19.1. The number of ether oxygens (including phenoxy) is 1. The van der Waals surface area contributed by atoms with Gasteiger partial charge < -0.3 is 9.64 Å². The first-order valence-corrected chi connectivity index (χ1v) is 12.4. The molecule has 3 atom stereocenters. The van der Waals surface area contributed by atoms with Crippen molar-refractivity contribution in [3.8, 4) is 5.75 Å². The molecule has 0 N–H and O–H groups in total.